The first-order valence-corrected chi connectivity index (χ1v) is 6.46. The third-order valence-electron chi connectivity index (χ3n) is 3.71. The first-order chi connectivity index (χ1) is 9.07. The van der Waals surface area contributed by atoms with E-state index in [0.29, 0.717) is 31.9 Å². The van der Waals surface area contributed by atoms with E-state index < -0.39 is 5.60 Å². The molecule has 1 aromatic carbocycles. The van der Waals surface area contributed by atoms with E-state index in [1.807, 2.05) is 19.1 Å². The molecule has 5 heteroatoms. The molecule has 1 saturated heterocycles. The largest absolute Gasteiger partial charge is 0.504 e. The normalized spacial score (nSPS) is 26.6. The van der Waals surface area contributed by atoms with Gasteiger partial charge in [0, 0.05) is 31.7 Å². The molecule has 106 valence electrons. The number of benzene rings is 1. The summed E-state index contributed by atoms with van der Waals surface area (Å²) in [6, 6.07) is 5.36. The van der Waals surface area contributed by atoms with Crippen molar-refractivity contribution in [2.45, 2.75) is 31.6 Å². The highest BCUT2D eigenvalue weighted by atomic mass is 16.5. The summed E-state index contributed by atoms with van der Waals surface area (Å²) in [5.74, 6) is 0.593. The Kier molecular flexibility index (Phi) is 4.29. The Labute approximate surface area is 113 Å². The maximum Gasteiger partial charge on any atom is 0.162 e. The Morgan fingerprint density at radius 3 is 2.95 bits per heavy atom. The molecule has 0 aliphatic carbocycles. The lowest BCUT2D eigenvalue weighted by atomic mass is 9.96. The Morgan fingerprint density at radius 2 is 2.32 bits per heavy atom. The molecule has 0 spiro atoms. The lowest BCUT2D eigenvalue weighted by Gasteiger charge is -2.26. The van der Waals surface area contributed by atoms with Crippen LogP contribution in [0.3, 0.4) is 0 Å². The second-order valence-corrected chi connectivity index (χ2v) is 4.94. The van der Waals surface area contributed by atoms with Crippen LogP contribution in [0.4, 0.5) is 0 Å². The van der Waals surface area contributed by atoms with E-state index in [0.717, 1.165) is 5.56 Å². The summed E-state index contributed by atoms with van der Waals surface area (Å²) < 4.78 is 10.4. The van der Waals surface area contributed by atoms with Crippen LogP contribution in [0.1, 0.15) is 18.9 Å². The second kappa shape index (κ2) is 5.77. The van der Waals surface area contributed by atoms with Crippen LogP contribution in [0.5, 0.6) is 11.5 Å². The SMILES string of the molecule is COc1cccc(CNCC2(O)CCOC2C)c1O. The minimum atomic E-state index is -0.825. The van der Waals surface area contributed by atoms with Crippen molar-refractivity contribution in [2.75, 3.05) is 20.3 Å². The number of para-hydroxylation sites is 1. The van der Waals surface area contributed by atoms with Gasteiger partial charge in [0.05, 0.1) is 13.2 Å². The maximum atomic E-state index is 10.3. The van der Waals surface area contributed by atoms with Gasteiger partial charge in [-0.25, -0.2) is 0 Å². The molecule has 1 fully saturated rings. The monoisotopic (exact) mass is 267 g/mol. The number of rotatable bonds is 5. The third kappa shape index (κ3) is 3.00. The van der Waals surface area contributed by atoms with Crippen LogP contribution in [0.15, 0.2) is 18.2 Å². The molecule has 2 rings (SSSR count). The molecule has 1 heterocycles. The van der Waals surface area contributed by atoms with Crippen molar-refractivity contribution in [3.05, 3.63) is 23.8 Å². The number of methoxy groups -OCH3 is 1. The van der Waals surface area contributed by atoms with Crippen molar-refractivity contribution < 1.29 is 19.7 Å². The van der Waals surface area contributed by atoms with Gasteiger partial charge < -0.3 is 25.0 Å². The van der Waals surface area contributed by atoms with Gasteiger partial charge in [-0.2, -0.15) is 0 Å². The van der Waals surface area contributed by atoms with Gasteiger partial charge >= 0.3 is 0 Å². The number of aromatic hydroxyl groups is 1. The lowest BCUT2D eigenvalue weighted by Crippen LogP contribution is -2.45. The van der Waals surface area contributed by atoms with Crippen LogP contribution < -0.4 is 10.1 Å². The first-order valence-electron chi connectivity index (χ1n) is 6.46. The van der Waals surface area contributed by atoms with E-state index in [2.05, 4.69) is 5.32 Å². The molecule has 3 N–H and O–H groups in total. The predicted molar refractivity (Wildman–Crippen MR) is 71.3 cm³/mol. The highest BCUT2D eigenvalue weighted by Crippen LogP contribution is 2.29. The zero-order valence-electron chi connectivity index (χ0n) is 11.3. The highest BCUT2D eigenvalue weighted by molar-refractivity contribution is 5.45. The molecule has 1 aliphatic rings. The number of ether oxygens (including phenoxy) is 2. The van der Waals surface area contributed by atoms with Crippen molar-refractivity contribution in [3.63, 3.8) is 0 Å². The van der Waals surface area contributed by atoms with E-state index in [4.69, 9.17) is 9.47 Å². The molecule has 0 aromatic heterocycles. The maximum absolute atomic E-state index is 10.3. The molecule has 0 bridgehead atoms. The molecule has 2 unspecified atom stereocenters. The van der Waals surface area contributed by atoms with Crippen molar-refractivity contribution in [1.82, 2.24) is 5.32 Å². The minimum absolute atomic E-state index is 0.139. The molecule has 0 radical (unpaired) electrons. The van der Waals surface area contributed by atoms with E-state index in [-0.39, 0.29) is 11.9 Å². The predicted octanol–water partition coefficient (Wildman–Crippen LogP) is 1.03. The fourth-order valence-corrected chi connectivity index (χ4v) is 2.29. The average molecular weight is 267 g/mol. The molecule has 1 aromatic rings. The zero-order valence-corrected chi connectivity index (χ0v) is 11.3. The van der Waals surface area contributed by atoms with Gasteiger partial charge in [-0.05, 0) is 13.0 Å². The van der Waals surface area contributed by atoms with Gasteiger partial charge in [0.2, 0.25) is 0 Å². The molecule has 19 heavy (non-hydrogen) atoms. The number of hydrogen-bond donors (Lipinski definition) is 3. The van der Waals surface area contributed by atoms with Crippen LogP contribution in [0.25, 0.3) is 0 Å². The summed E-state index contributed by atoms with van der Waals surface area (Å²) in [4.78, 5) is 0. The summed E-state index contributed by atoms with van der Waals surface area (Å²) in [7, 11) is 1.52. The Balaban J connectivity index is 1.93. The Morgan fingerprint density at radius 1 is 1.53 bits per heavy atom. The number of aliphatic hydroxyl groups is 1. The summed E-state index contributed by atoms with van der Waals surface area (Å²) in [6.45, 7) is 3.37. The van der Waals surface area contributed by atoms with Crippen molar-refractivity contribution in [2.24, 2.45) is 0 Å². The zero-order chi connectivity index (χ0) is 13.9. The average Bonchev–Trinajstić information content (AvgIpc) is 2.72. The molecule has 5 nitrogen and oxygen atoms in total. The van der Waals surface area contributed by atoms with Gasteiger partial charge in [-0.3, -0.25) is 0 Å². The van der Waals surface area contributed by atoms with Crippen LogP contribution in [-0.2, 0) is 11.3 Å². The molecular formula is C14H21NO4. The summed E-state index contributed by atoms with van der Waals surface area (Å²) in [5.41, 5.74) is -0.0800. The first kappa shape index (κ1) is 14.1. The fraction of sp³-hybridized carbons (Fsp3) is 0.571. The van der Waals surface area contributed by atoms with Gasteiger partial charge in [0.25, 0.3) is 0 Å². The van der Waals surface area contributed by atoms with Crippen molar-refractivity contribution in [3.8, 4) is 11.5 Å². The quantitative estimate of drug-likeness (QED) is 0.743. The van der Waals surface area contributed by atoms with Crippen molar-refractivity contribution in [1.29, 1.82) is 0 Å². The van der Waals surface area contributed by atoms with E-state index in [1.165, 1.54) is 7.11 Å². The van der Waals surface area contributed by atoms with Crippen LogP contribution in [0.2, 0.25) is 0 Å². The molecule has 1 aliphatic heterocycles. The van der Waals surface area contributed by atoms with E-state index in [1.54, 1.807) is 6.07 Å². The topological polar surface area (TPSA) is 71.0 Å². The van der Waals surface area contributed by atoms with Crippen LogP contribution in [-0.4, -0.2) is 42.2 Å². The Bertz CT molecular complexity index is 437. The standard InChI is InChI=1S/C14H21NO4/c1-10-14(17,6-7-19-10)9-15-8-11-4-3-5-12(18-2)13(11)16/h3-5,10,15-17H,6-9H2,1-2H3. The Hall–Kier alpha value is -1.30. The van der Waals surface area contributed by atoms with Crippen molar-refractivity contribution >= 4 is 0 Å². The molecule has 2 atom stereocenters. The smallest absolute Gasteiger partial charge is 0.162 e. The van der Waals surface area contributed by atoms with Crippen LogP contribution in [0, 0.1) is 0 Å². The van der Waals surface area contributed by atoms with Gasteiger partial charge in [-0.15, -0.1) is 0 Å². The summed E-state index contributed by atoms with van der Waals surface area (Å²) in [6.07, 6.45) is 0.463. The summed E-state index contributed by atoms with van der Waals surface area (Å²) in [5, 5.41) is 23.4. The minimum Gasteiger partial charge on any atom is -0.504 e. The third-order valence-corrected chi connectivity index (χ3v) is 3.71. The van der Waals surface area contributed by atoms with Gasteiger partial charge in [-0.1, -0.05) is 12.1 Å². The van der Waals surface area contributed by atoms with Gasteiger partial charge in [0.15, 0.2) is 11.5 Å². The lowest BCUT2D eigenvalue weighted by molar-refractivity contribution is -0.0263. The number of phenols is 1. The highest BCUT2D eigenvalue weighted by Gasteiger charge is 2.38. The number of nitrogens with one attached hydrogen (secondary N) is 1. The van der Waals surface area contributed by atoms with Crippen LogP contribution >= 0.6 is 0 Å². The summed E-state index contributed by atoms with van der Waals surface area (Å²) >= 11 is 0. The van der Waals surface area contributed by atoms with E-state index >= 15 is 0 Å². The number of phenolic OH excluding ortho intramolecular Hbond substituents is 1. The van der Waals surface area contributed by atoms with Gasteiger partial charge in [0.1, 0.15) is 5.60 Å². The fourth-order valence-electron chi connectivity index (χ4n) is 2.29. The molecule has 0 amide bonds. The van der Waals surface area contributed by atoms with E-state index in [9.17, 15) is 10.2 Å². The number of hydrogen-bond acceptors (Lipinski definition) is 5. The second-order valence-electron chi connectivity index (χ2n) is 4.94. The molecule has 0 saturated carbocycles. The molecular weight excluding hydrogens is 246 g/mol.